The highest BCUT2D eigenvalue weighted by Gasteiger charge is 2.21. The summed E-state index contributed by atoms with van der Waals surface area (Å²) in [4.78, 5) is 24.4. The number of phenols is 1. The van der Waals surface area contributed by atoms with Gasteiger partial charge in [-0.2, -0.15) is 0 Å². The molecule has 0 saturated carbocycles. The number of anilines is 1. The molecule has 24 heavy (non-hydrogen) atoms. The Kier molecular flexibility index (Phi) is 5.24. The van der Waals surface area contributed by atoms with Crippen LogP contribution in [0.3, 0.4) is 0 Å². The molecular formula is C19H21NO4. The fourth-order valence-electron chi connectivity index (χ4n) is 2.28. The van der Waals surface area contributed by atoms with Crippen molar-refractivity contribution in [2.24, 2.45) is 0 Å². The van der Waals surface area contributed by atoms with Gasteiger partial charge in [-0.05, 0) is 51.5 Å². The predicted molar refractivity (Wildman–Crippen MR) is 92.3 cm³/mol. The van der Waals surface area contributed by atoms with Crippen molar-refractivity contribution in [3.63, 3.8) is 0 Å². The quantitative estimate of drug-likeness (QED) is 0.843. The van der Waals surface area contributed by atoms with Gasteiger partial charge in [0.25, 0.3) is 5.91 Å². The Hall–Kier alpha value is -2.82. The first-order valence-corrected chi connectivity index (χ1v) is 7.66. The third-order valence-corrected chi connectivity index (χ3v) is 3.66. The largest absolute Gasteiger partial charge is 0.507 e. The Morgan fingerprint density at radius 1 is 1.04 bits per heavy atom. The van der Waals surface area contributed by atoms with E-state index in [1.54, 1.807) is 13.0 Å². The number of aryl methyl sites for hydroxylation is 3. The number of hydrogen-bond acceptors (Lipinski definition) is 4. The summed E-state index contributed by atoms with van der Waals surface area (Å²) in [6.45, 7) is 7.15. The molecule has 2 aromatic carbocycles. The number of nitrogens with one attached hydrogen (secondary N) is 1. The van der Waals surface area contributed by atoms with Crippen molar-refractivity contribution in [2.75, 3.05) is 5.32 Å². The molecule has 0 unspecified atom stereocenters. The van der Waals surface area contributed by atoms with Crippen LogP contribution < -0.4 is 5.32 Å². The Morgan fingerprint density at radius 2 is 1.67 bits per heavy atom. The summed E-state index contributed by atoms with van der Waals surface area (Å²) < 4.78 is 5.16. The third kappa shape index (κ3) is 4.13. The second kappa shape index (κ2) is 7.17. The van der Waals surface area contributed by atoms with E-state index in [0.717, 1.165) is 16.7 Å². The maximum atomic E-state index is 12.2. The van der Waals surface area contributed by atoms with Crippen molar-refractivity contribution in [1.82, 2.24) is 0 Å². The monoisotopic (exact) mass is 327 g/mol. The zero-order valence-electron chi connectivity index (χ0n) is 14.2. The van der Waals surface area contributed by atoms with Gasteiger partial charge in [0.15, 0.2) is 6.10 Å². The Morgan fingerprint density at radius 3 is 2.33 bits per heavy atom. The second-order valence-corrected chi connectivity index (χ2v) is 5.88. The van der Waals surface area contributed by atoms with Crippen molar-refractivity contribution in [2.45, 2.75) is 33.8 Å². The lowest BCUT2D eigenvalue weighted by Gasteiger charge is -2.15. The topological polar surface area (TPSA) is 75.6 Å². The minimum absolute atomic E-state index is 0.0427. The van der Waals surface area contributed by atoms with Crippen LogP contribution in [-0.4, -0.2) is 23.1 Å². The van der Waals surface area contributed by atoms with E-state index in [4.69, 9.17) is 4.74 Å². The molecule has 0 saturated heterocycles. The molecule has 0 radical (unpaired) electrons. The lowest BCUT2D eigenvalue weighted by atomic mass is 10.1. The molecule has 0 aliphatic heterocycles. The van der Waals surface area contributed by atoms with Gasteiger partial charge in [-0.25, -0.2) is 4.79 Å². The number of ether oxygens (including phenoxy) is 1. The van der Waals surface area contributed by atoms with Crippen LogP contribution in [0.2, 0.25) is 0 Å². The van der Waals surface area contributed by atoms with Crippen LogP contribution in [0.4, 0.5) is 5.69 Å². The standard InChI is InChI=1S/C19H21NO4/c1-11-5-7-16(13(3)9-11)20-18(22)14(4)24-19(23)15-10-12(2)6-8-17(15)21/h5-10,14,21H,1-4H3,(H,20,22)/t14-/m1/s1. The number of phenolic OH excluding ortho intramolecular Hbond substituents is 1. The Labute approximate surface area is 141 Å². The highest BCUT2D eigenvalue weighted by Crippen LogP contribution is 2.20. The minimum atomic E-state index is -0.988. The molecule has 126 valence electrons. The van der Waals surface area contributed by atoms with Gasteiger partial charge in [-0.3, -0.25) is 4.79 Å². The normalized spacial score (nSPS) is 11.7. The number of rotatable bonds is 4. The molecule has 0 aliphatic carbocycles. The third-order valence-electron chi connectivity index (χ3n) is 3.66. The van der Waals surface area contributed by atoms with Crippen LogP contribution in [0.15, 0.2) is 36.4 Å². The summed E-state index contributed by atoms with van der Waals surface area (Å²) in [5.74, 6) is -1.34. The van der Waals surface area contributed by atoms with Gasteiger partial charge in [0, 0.05) is 5.69 Å². The van der Waals surface area contributed by atoms with E-state index >= 15 is 0 Å². The molecule has 0 heterocycles. The first kappa shape index (κ1) is 17.5. The summed E-state index contributed by atoms with van der Waals surface area (Å²) in [5.41, 5.74) is 3.55. The minimum Gasteiger partial charge on any atom is -0.507 e. The summed E-state index contributed by atoms with van der Waals surface area (Å²) in [6.07, 6.45) is -0.988. The second-order valence-electron chi connectivity index (χ2n) is 5.88. The summed E-state index contributed by atoms with van der Waals surface area (Å²) in [6, 6.07) is 10.3. The molecule has 0 bridgehead atoms. The lowest BCUT2D eigenvalue weighted by molar-refractivity contribution is -0.123. The molecule has 1 atom stereocenters. The molecular weight excluding hydrogens is 306 g/mol. The van der Waals surface area contributed by atoms with Gasteiger partial charge in [0.05, 0.1) is 0 Å². The van der Waals surface area contributed by atoms with Gasteiger partial charge in [-0.1, -0.05) is 29.3 Å². The molecule has 0 aliphatic rings. The molecule has 2 rings (SSSR count). The van der Waals surface area contributed by atoms with Crippen molar-refractivity contribution in [1.29, 1.82) is 0 Å². The zero-order valence-corrected chi connectivity index (χ0v) is 14.2. The molecule has 1 amide bonds. The molecule has 2 N–H and O–H groups in total. The summed E-state index contributed by atoms with van der Waals surface area (Å²) in [7, 11) is 0. The van der Waals surface area contributed by atoms with Crippen LogP contribution in [0, 0.1) is 20.8 Å². The molecule has 0 spiro atoms. The molecule has 0 fully saturated rings. The van der Waals surface area contributed by atoms with E-state index < -0.39 is 18.0 Å². The van der Waals surface area contributed by atoms with Crippen molar-refractivity contribution >= 4 is 17.6 Å². The van der Waals surface area contributed by atoms with Crippen LogP contribution in [0.25, 0.3) is 0 Å². The van der Waals surface area contributed by atoms with Gasteiger partial charge in [0.2, 0.25) is 0 Å². The Balaban J connectivity index is 2.05. The maximum absolute atomic E-state index is 12.2. The van der Waals surface area contributed by atoms with E-state index in [9.17, 15) is 14.7 Å². The maximum Gasteiger partial charge on any atom is 0.342 e. The van der Waals surface area contributed by atoms with E-state index in [0.29, 0.717) is 5.69 Å². The van der Waals surface area contributed by atoms with Crippen molar-refractivity contribution < 1.29 is 19.4 Å². The lowest BCUT2D eigenvalue weighted by Crippen LogP contribution is -2.30. The van der Waals surface area contributed by atoms with E-state index in [1.807, 2.05) is 32.0 Å². The van der Waals surface area contributed by atoms with E-state index in [2.05, 4.69) is 5.32 Å². The summed E-state index contributed by atoms with van der Waals surface area (Å²) in [5, 5.41) is 12.5. The number of esters is 1. The fraction of sp³-hybridized carbons (Fsp3) is 0.263. The zero-order chi connectivity index (χ0) is 17.9. The SMILES string of the molecule is Cc1ccc(NC(=O)[C@@H](C)OC(=O)c2cc(C)ccc2O)c(C)c1. The number of carbonyl (C=O) groups is 2. The van der Waals surface area contributed by atoms with Crippen molar-refractivity contribution in [3.8, 4) is 5.75 Å². The number of amides is 1. The summed E-state index contributed by atoms with van der Waals surface area (Å²) >= 11 is 0. The van der Waals surface area contributed by atoms with Crippen LogP contribution in [0.1, 0.15) is 34.0 Å². The number of hydrogen-bond donors (Lipinski definition) is 2. The highest BCUT2D eigenvalue weighted by atomic mass is 16.5. The molecule has 2 aromatic rings. The fourth-order valence-corrected chi connectivity index (χ4v) is 2.28. The molecule has 5 heteroatoms. The first-order valence-electron chi connectivity index (χ1n) is 7.66. The van der Waals surface area contributed by atoms with Crippen molar-refractivity contribution in [3.05, 3.63) is 58.7 Å². The molecule has 5 nitrogen and oxygen atoms in total. The predicted octanol–water partition coefficient (Wildman–Crippen LogP) is 3.50. The van der Waals surface area contributed by atoms with Gasteiger partial charge in [0.1, 0.15) is 11.3 Å². The molecule has 0 aromatic heterocycles. The van der Waals surface area contributed by atoms with E-state index in [-0.39, 0.29) is 11.3 Å². The van der Waals surface area contributed by atoms with Gasteiger partial charge >= 0.3 is 5.97 Å². The number of carbonyl (C=O) groups excluding carboxylic acids is 2. The van der Waals surface area contributed by atoms with Crippen LogP contribution in [0.5, 0.6) is 5.75 Å². The van der Waals surface area contributed by atoms with Crippen LogP contribution >= 0.6 is 0 Å². The number of aromatic hydroxyl groups is 1. The first-order chi connectivity index (χ1) is 11.3. The van der Waals surface area contributed by atoms with Gasteiger partial charge in [-0.15, -0.1) is 0 Å². The average Bonchev–Trinajstić information content (AvgIpc) is 2.52. The Bertz CT molecular complexity index is 783. The smallest absolute Gasteiger partial charge is 0.342 e. The number of benzene rings is 2. The van der Waals surface area contributed by atoms with Gasteiger partial charge < -0.3 is 15.2 Å². The average molecular weight is 327 g/mol. The van der Waals surface area contributed by atoms with Crippen LogP contribution in [-0.2, 0) is 9.53 Å². The highest BCUT2D eigenvalue weighted by molar-refractivity contribution is 5.98. The van der Waals surface area contributed by atoms with E-state index in [1.165, 1.54) is 19.1 Å².